The van der Waals surface area contributed by atoms with Crippen molar-refractivity contribution in [2.75, 3.05) is 13.2 Å². The fourth-order valence-corrected chi connectivity index (χ4v) is 2.10. The number of hydrogen-bond donors (Lipinski definition) is 1. The van der Waals surface area contributed by atoms with Crippen LogP contribution in [0.2, 0.25) is 0 Å². The molecule has 1 heterocycles. The van der Waals surface area contributed by atoms with E-state index in [1.54, 1.807) is 0 Å². The van der Waals surface area contributed by atoms with Gasteiger partial charge in [0, 0.05) is 11.6 Å². The van der Waals surface area contributed by atoms with E-state index in [1.807, 2.05) is 0 Å². The molecule has 2 heteroatoms. The molecule has 0 aromatic carbocycles. The molecule has 0 amide bonds. The van der Waals surface area contributed by atoms with Crippen LogP contribution in [0.15, 0.2) is 0 Å². The summed E-state index contributed by atoms with van der Waals surface area (Å²) in [7, 11) is 0. The van der Waals surface area contributed by atoms with Crippen molar-refractivity contribution < 1.29 is 5.11 Å². The first-order valence-corrected chi connectivity index (χ1v) is 4.48. The number of rotatable bonds is 2. The molecule has 0 aliphatic carbocycles. The van der Waals surface area contributed by atoms with E-state index in [4.69, 9.17) is 0 Å². The summed E-state index contributed by atoms with van der Waals surface area (Å²) in [4.78, 5) is 2.40. The van der Waals surface area contributed by atoms with E-state index in [2.05, 4.69) is 25.7 Å². The second-order valence-electron chi connectivity index (χ2n) is 4.05. The third-order valence-corrected chi connectivity index (χ3v) is 2.77. The number of nitrogens with zero attached hydrogens (tertiary/aromatic N) is 1. The van der Waals surface area contributed by atoms with Crippen LogP contribution in [0.3, 0.4) is 0 Å². The maximum absolute atomic E-state index is 9.20. The van der Waals surface area contributed by atoms with Crippen LogP contribution in [0.1, 0.15) is 33.6 Å². The third-order valence-electron chi connectivity index (χ3n) is 2.77. The Bertz CT molecular complexity index is 136. The van der Waals surface area contributed by atoms with E-state index < -0.39 is 0 Å². The second kappa shape index (κ2) is 3.11. The number of likely N-dealkylation sites (tertiary alicyclic amines) is 1. The van der Waals surface area contributed by atoms with Gasteiger partial charge in [0.15, 0.2) is 0 Å². The minimum absolute atomic E-state index is 0.0637. The molecule has 1 fully saturated rings. The van der Waals surface area contributed by atoms with E-state index in [0.29, 0.717) is 12.6 Å². The second-order valence-corrected chi connectivity index (χ2v) is 4.05. The summed E-state index contributed by atoms with van der Waals surface area (Å²) in [6.45, 7) is 7.98. The van der Waals surface area contributed by atoms with Gasteiger partial charge in [0.05, 0.1) is 6.61 Å². The van der Waals surface area contributed by atoms with Gasteiger partial charge in [-0.1, -0.05) is 0 Å². The highest BCUT2D eigenvalue weighted by molar-refractivity contribution is 4.92. The Labute approximate surface area is 69.2 Å². The van der Waals surface area contributed by atoms with E-state index in [1.165, 1.54) is 6.42 Å². The Kier molecular flexibility index (Phi) is 2.55. The zero-order valence-electron chi connectivity index (χ0n) is 7.80. The van der Waals surface area contributed by atoms with Crippen molar-refractivity contribution in [1.29, 1.82) is 0 Å². The van der Waals surface area contributed by atoms with Crippen LogP contribution in [0.25, 0.3) is 0 Å². The normalized spacial score (nSPS) is 33.5. The van der Waals surface area contributed by atoms with Gasteiger partial charge in [0.25, 0.3) is 0 Å². The first-order chi connectivity index (χ1) is 5.10. The highest BCUT2D eigenvalue weighted by Gasteiger charge is 2.36. The van der Waals surface area contributed by atoms with Crippen molar-refractivity contribution in [1.82, 2.24) is 4.90 Å². The van der Waals surface area contributed by atoms with Gasteiger partial charge in [-0.15, -0.1) is 0 Å². The SMILES string of the molecule is CC(C)N1CCCC1(C)CO. The van der Waals surface area contributed by atoms with E-state index in [9.17, 15) is 5.11 Å². The molecule has 66 valence electrons. The quantitative estimate of drug-likeness (QED) is 0.652. The standard InChI is InChI=1S/C9H19NO/c1-8(2)10-6-4-5-9(10,3)7-11/h8,11H,4-7H2,1-3H3. The summed E-state index contributed by atoms with van der Waals surface area (Å²) < 4.78 is 0. The molecule has 0 bridgehead atoms. The fourth-order valence-electron chi connectivity index (χ4n) is 2.10. The summed E-state index contributed by atoms with van der Waals surface area (Å²) in [6.07, 6.45) is 2.37. The molecule has 0 radical (unpaired) electrons. The Morgan fingerprint density at radius 3 is 2.55 bits per heavy atom. The monoisotopic (exact) mass is 157 g/mol. The minimum Gasteiger partial charge on any atom is -0.394 e. The van der Waals surface area contributed by atoms with Gasteiger partial charge in [0.1, 0.15) is 0 Å². The molecular weight excluding hydrogens is 138 g/mol. The largest absolute Gasteiger partial charge is 0.394 e. The van der Waals surface area contributed by atoms with Gasteiger partial charge in [-0.2, -0.15) is 0 Å². The highest BCUT2D eigenvalue weighted by atomic mass is 16.3. The molecular formula is C9H19NO. The van der Waals surface area contributed by atoms with Gasteiger partial charge in [-0.05, 0) is 40.2 Å². The van der Waals surface area contributed by atoms with Crippen LogP contribution in [0, 0.1) is 0 Å². The molecule has 1 atom stereocenters. The van der Waals surface area contributed by atoms with Crippen molar-refractivity contribution in [3.8, 4) is 0 Å². The molecule has 1 aliphatic rings. The van der Waals surface area contributed by atoms with Crippen LogP contribution < -0.4 is 0 Å². The average molecular weight is 157 g/mol. The molecule has 1 aliphatic heterocycles. The Balaban J connectivity index is 2.64. The van der Waals surface area contributed by atoms with Crippen molar-refractivity contribution in [3.05, 3.63) is 0 Å². The summed E-state index contributed by atoms with van der Waals surface area (Å²) in [6, 6.07) is 0.564. The summed E-state index contributed by atoms with van der Waals surface area (Å²) in [5.41, 5.74) is 0.0637. The molecule has 0 spiro atoms. The number of hydrogen-bond acceptors (Lipinski definition) is 2. The number of aliphatic hydroxyl groups excluding tert-OH is 1. The summed E-state index contributed by atoms with van der Waals surface area (Å²) >= 11 is 0. The Morgan fingerprint density at radius 1 is 1.55 bits per heavy atom. The zero-order chi connectivity index (χ0) is 8.48. The fraction of sp³-hybridized carbons (Fsp3) is 1.00. The van der Waals surface area contributed by atoms with Gasteiger partial charge in [0.2, 0.25) is 0 Å². The zero-order valence-corrected chi connectivity index (χ0v) is 7.80. The lowest BCUT2D eigenvalue weighted by Gasteiger charge is -2.36. The van der Waals surface area contributed by atoms with Crippen LogP contribution in [0.4, 0.5) is 0 Å². The minimum atomic E-state index is 0.0637. The van der Waals surface area contributed by atoms with Crippen LogP contribution in [0.5, 0.6) is 0 Å². The van der Waals surface area contributed by atoms with Crippen molar-refractivity contribution >= 4 is 0 Å². The van der Waals surface area contributed by atoms with Crippen molar-refractivity contribution in [2.45, 2.75) is 45.2 Å². The first kappa shape index (κ1) is 9.01. The maximum atomic E-state index is 9.20. The summed E-state index contributed by atoms with van der Waals surface area (Å²) in [5, 5.41) is 9.20. The third kappa shape index (κ3) is 1.57. The van der Waals surface area contributed by atoms with E-state index in [-0.39, 0.29) is 5.54 Å². The van der Waals surface area contributed by atoms with Gasteiger partial charge in [-0.25, -0.2) is 0 Å². The Morgan fingerprint density at radius 2 is 2.18 bits per heavy atom. The smallest absolute Gasteiger partial charge is 0.0612 e. The molecule has 1 unspecified atom stereocenters. The predicted molar refractivity (Wildman–Crippen MR) is 46.6 cm³/mol. The predicted octanol–water partition coefficient (Wildman–Crippen LogP) is 1.24. The lowest BCUT2D eigenvalue weighted by Crippen LogP contribution is -2.47. The first-order valence-electron chi connectivity index (χ1n) is 4.48. The molecule has 0 saturated carbocycles. The number of aliphatic hydroxyl groups is 1. The lowest BCUT2D eigenvalue weighted by molar-refractivity contribution is 0.0563. The van der Waals surface area contributed by atoms with E-state index >= 15 is 0 Å². The topological polar surface area (TPSA) is 23.5 Å². The van der Waals surface area contributed by atoms with Gasteiger partial charge < -0.3 is 5.11 Å². The molecule has 0 aromatic heterocycles. The van der Waals surface area contributed by atoms with Crippen molar-refractivity contribution in [2.24, 2.45) is 0 Å². The molecule has 1 N–H and O–H groups in total. The van der Waals surface area contributed by atoms with Gasteiger partial charge >= 0.3 is 0 Å². The van der Waals surface area contributed by atoms with Crippen LogP contribution >= 0.6 is 0 Å². The Hall–Kier alpha value is -0.0800. The van der Waals surface area contributed by atoms with Crippen molar-refractivity contribution in [3.63, 3.8) is 0 Å². The molecule has 0 aromatic rings. The van der Waals surface area contributed by atoms with E-state index in [0.717, 1.165) is 13.0 Å². The molecule has 11 heavy (non-hydrogen) atoms. The summed E-state index contributed by atoms with van der Waals surface area (Å²) in [5.74, 6) is 0. The molecule has 1 rings (SSSR count). The highest BCUT2D eigenvalue weighted by Crippen LogP contribution is 2.29. The molecule has 1 saturated heterocycles. The average Bonchev–Trinajstić information content (AvgIpc) is 2.32. The lowest BCUT2D eigenvalue weighted by atomic mass is 9.99. The van der Waals surface area contributed by atoms with Crippen LogP contribution in [-0.4, -0.2) is 34.7 Å². The molecule has 2 nitrogen and oxygen atoms in total. The van der Waals surface area contributed by atoms with Gasteiger partial charge in [-0.3, -0.25) is 4.90 Å². The maximum Gasteiger partial charge on any atom is 0.0612 e. The van der Waals surface area contributed by atoms with Crippen LogP contribution in [-0.2, 0) is 0 Å².